The van der Waals surface area contributed by atoms with Gasteiger partial charge in [0.15, 0.2) is 0 Å². The summed E-state index contributed by atoms with van der Waals surface area (Å²) in [6.07, 6.45) is 4.78. The van der Waals surface area contributed by atoms with Crippen LogP contribution in [0.3, 0.4) is 0 Å². The first-order chi connectivity index (χ1) is 15.1. The monoisotopic (exact) mass is 452 g/mol. The first-order valence-electron chi connectivity index (χ1n) is 11.0. The number of methoxy groups -OCH3 is 1. The molecule has 0 radical (unpaired) electrons. The van der Waals surface area contributed by atoms with E-state index in [-0.39, 0.29) is 11.0 Å². The van der Waals surface area contributed by atoms with Crippen molar-refractivity contribution in [1.29, 1.82) is 0 Å². The molecule has 2 aromatic rings. The van der Waals surface area contributed by atoms with E-state index in [4.69, 9.17) is 9.16 Å². The smallest absolute Gasteiger partial charge is 0.330 e. The lowest BCUT2D eigenvalue weighted by Gasteiger charge is -2.43. The second-order valence-electron chi connectivity index (χ2n) is 9.93. The Labute approximate surface area is 193 Å². The van der Waals surface area contributed by atoms with Gasteiger partial charge in [0.1, 0.15) is 6.29 Å². The molecule has 0 N–H and O–H groups in total. The maximum atomic E-state index is 11.7. The van der Waals surface area contributed by atoms with E-state index < -0.39 is 19.7 Å². The van der Waals surface area contributed by atoms with Gasteiger partial charge in [0, 0.05) is 24.0 Å². The predicted octanol–water partition coefficient (Wildman–Crippen LogP) is 4.52. The average Bonchev–Trinajstić information content (AvgIpc) is 2.77. The van der Waals surface area contributed by atoms with Crippen LogP contribution >= 0.6 is 0 Å². The minimum atomic E-state index is -2.70. The summed E-state index contributed by atoms with van der Waals surface area (Å²) in [5.41, 5.74) is -0.528. The topological polar surface area (TPSA) is 52.6 Å². The van der Waals surface area contributed by atoms with Crippen LogP contribution in [0, 0.1) is 11.3 Å². The van der Waals surface area contributed by atoms with Crippen LogP contribution in [0.15, 0.2) is 72.8 Å². The number of ether oxygens (including phenoxy) is 1. The minimum Gasteiger partial charge on any atom is -0.466 e. The fraction of sp³-hybridized carbons (Fsp3) is 0.407. The number of esters is 1. The summed E-state index contributed by atoms with van der Waals surface area (Å²) in [5.74, 6) is -0.527. The van der Waals surface area contributed by atoms with Crippen molar-refractivity contribution < 1.29 is 18.8 Å². The van der Waals surface area contributed by atoms with Gasteiger partial charge >= 0.3 is 5.97 Å². The highest BCUT2D eigenvalue weighted by Crippen LogP contribution is 2.37. The number of aldehydes is 1. The number of carbonyl (C=O) groups excluding carboxylic acids is 2. The van der Waals surface area contributed by atoms with Gasteiger partial charge in [-0.25, -0.2) is 4.79 Å². The van der Waals surface area contributed by atoms with Gasteiger partial charge in [-0.1, -0.05) is 101 Å². The Bertz CT molecular complexity index is 859. The first kappa shape index (κ1) is 25.8. The molecular weight excluding hydrogens is 416 g/mol. The SMILES string of the molecule is COC(=O)/C=C\C(CO[Si](c1ccccc1)(c1ccccc1)C(C)(C)C)CC(C)(C)C=O. The van der Waals surface area contributed by atoms with Crippen LogP contribution in [0.2, 0.25) is 5.04 Å². The van der Waals surface area contributed by atoms with E-state index in [9.17, 15) is 9.59 Å². The third-order valence-corrected chi connectivity index (χ3v) is 10.7. The van der Waals surface area contributed by atoms with Crippen LogP contribution in [0.25, 0.3) is 0 Å². The van der Waals surface area contributed by atoms with E-state index in [1.807, 2.05) is 32.1 Å². The zero-order valence-electron chi connectivity index (χ0n) is 20.1. The molecule has 0 aliphatic carbocycles. The van der Waals surface area contributed by atoms with Gasteiger partial charge in [-0.3, -0.25) is 0 Å². The van der Waals surface area contributed by atoms with Gasteiger partial charge in [0.25, 0.3) is 8.32 Å². The van der Waals surface area contributed by atoms with Crippen molar-refractivity contribution in [1.82, 2.24) is 0 Å². The molecule has 0 aliphatic rings. The van der Waals surface area contributed by atoms with Gasteiger partial charge in [0.05, 0.1) is 7.11 Å². The van der Waals surface area contributed by atoms with Crippen molar-refractivity contribution in [3.63, 3.8) is 0 Å². The summed E-state index contributed by atoms with van der Waals surface area (Å²) in [4.78, 5) is 23.4. The normalized spacial score (nSPS) is 13.7. The highest BCUT2D eigenvalue weighted by atomic mass is 28.4. The predicted molar refractivity (Wildman–Crippen MR) is 133 cm³/mol. The molecule has 0 amide bonds. The van der Waals surface area contributed by atoms with Crippen LogP contribution < -0.4 is 10.4 Å². The molecule has 2 rings (SSSR count). The van der Waals surface area contributed by atoms with Crippen LogP contribution in [-0.2, 0) is 18.8 Å². The summed E-state index contributed by atoms with van der Waals surface area (Å²) < 4.78 is 11.8. The van der Waals surface area contributed by atoms with Gasteiger partial charge in [-0.2, -0.15) is 0 Å². The number of rotatable bonds is 10. The number of carbonyl (C=O) groups is 2. The molecule has 0 heterocycles. The standard InChI is InChI=1S/C27H36O4Si/c1-26(2,3)32(23-13-9-7-10-14-23,24-15-11-8-12-16-24)31-20-22(17-18-25(29)30-6)19-27(4,5)21-28/h7-18,21-22H,19-20H2,1-6H3/b18-17-. The fourth-order valence-corrected chi connectivity index (χ4v) is 8.80. The van der Waals surface area contributed by atoms with E-state index >= 15 is 0 Å². The van der Waals surface area contributed by atoms with E-state index in [1.54, 1.807) is 0 Å². The Balaban J connectivity index is 2.52. The Hall–Kier alpha value is -2.50. The maximum Gasteiger partial charge on any atom is 0.330 e. The van der Waals surface area contributed by atoms with Gasteiger partial charge in [-0.05, 0) is 21.8 Å². The molecule has 0 saturated heterocycles. The Kier molecular flexibility index (Phi) is 8.76. The van der Waals surface area contributed by atoms with Crippen molar-refractivity contribution in [2.45, 2.75) is 46.1 Å². The van der Waals surface area contributed by atoms with Gasteiger partial charge in [-0.15, -0.1) is 0 Å². The third-order valence-electron chi connectivity index (χ3n) is 5.74. The van der Waals surface area contributed by atoms with Crippen LogP contribution in [0.4, 0.5) is 0 Å². The molecular formula is C27H36O4Si. The first-order valence-corrected chi connectivity index (χ1v) is 12.9. The molecule has 0 fully saturated rings. The Morgan fingerprint density at radius 2 is 1.44 bits per heavy atom. The molecule has 0 aliphatic heterocycles. The van der Waals surface area contributed by atoms with Crippen molar-refractivity contribution in [2.24, 2.45) is 11.3 Å². The van der Waals surface area contributed by atoms with Crippen molar-refractivity contribution in [3.05, 3.63) is 72.8 Å². The van der Waals surface area contributed by atoms with E-state index in [0.29, 0.717) is 13.0 Å². The number of hydrogen-bond donors (Lipinski definition) is 0. The van der Waals surface area contributed by atoms with Crippen molar-refractivity contribution in [2.75, 3.05) is 13.7 Å². The van der Waals surface area contributed by atoms with E-state index in [1.165, 1.54) is 23.6 Å². The Morgan fingerprint density at radius 3 is 1.84 bits per heavy atom. The third kappa shape index (κ3) is 6.27. The van der Waals surface area contributed by atoms with Crippen LogP contribution in [0.1, 0.15) is 41.0 Å². The number of benzene rings is 2. The minimum absolute atomic E-state index is 0.115. The Morgan fingerprint density at radius 1 is 0.938 bits per heavy atom. The highest BCUT2D eigenvalue weighted by molar-refractivity contribution is 6.99. The van der Waals surface area contributed by atoms with Crippen molar-refractivity contribution in [3.8, 4) is 0 Å². The molecule has 0 spiro atoms. The molecule has 2 aromatic carbocycles. The summed E-state index contributed by atoms with van der Waals surface area (Å²) in [6.45, 7) is 10.9. The van der Waals surface area contributed by atoms with Crippen LogP contribution in [0.5, 0.6) is 0 Å². The zero-order chi connectivity index (χ0) is 23.8. The summed E-state index contributed by atoms with van der Waals surface area (Å²) >= 11 is 0. The lowest BCUT2D eigenvalue weighted by atomic mass is 9.84. The second kappa shape index (κ2) is 10.9. The molecule has 4 nitrogen and oxygen atoms in total. The summed E-state index contributed by atoms with van der Waals surface area (Å²) in [6, 6.07) is 20.9. The average molecular weight is 453 g/mol. The number of hydrogen-bond acceptors (Lipinski definition) is 4. The van der Waals surface area contributed by atoms with Crippen LogP contribution in [-0.4, -0.2) is 34.3 Å². The zero-order valence-corrected chi connectivity index (χ0v) is 21.1. The van der Waals surface area contributed by atoms with Gasteiger partial charge < -0.3 is 14.0 Å². The highest BCUT2D eigenvalue weighted by Gasteiger charge is 2.50. The molecule has 5 heteroatoms. The second-order valence-corrected chi connectivity index (χ2v) is 14.2. The molecule has 0 bridgehead atoms. The van der Waals surface area contributed by atoms with Gasteiger partial charge in [0.2, 0.25) is 0 Å². The largest absolute Gasteiger partial charge is 0.466 e. The summed E-state index contributed by atoms with van der Waals surface area (Å²) in [7, 11) is -1.34. The van der Waals surface area contributed by atoms with Crippen molar-refractivity contribution >= 4 is 30.9 Å². The van der Waals surface area contributed by atoms with E-state index in [0.717, 1.165) is 6.29 Å². The lowest BCUT2D eigenvalue weighted by molar-refractivity contribution is -0.134. The molecule has 1 atom stereocenters. The molecule has 0 aromatic heterocycles. The lowest BCUT2D eigenvalue weighted by Crippen LogP contribution is -2.66. The fourth-order valence-electron chi connectivity index (χ4n) is 4.18. The molecule has 172 valence electrons. The molecule has 0 saturated carbocycles. The van der Waals surface area contributed by atoms with E-state index in [2.05, 4.69) is 69.3 Å². The quantitative estimate of drug-likeness (QED) is 0.230. The molecule has 32 heavy (non-hydrogen) atoms. The summed E-state index contributed by atoms with van der Waals surface area (Å²) in [5, 5.41) is 2.25. The molecule has 1 unspecified atom stereocenters. The maximum absolute atomic E-state index is 11.7.